The zero-order valence-corrected chi connectivity index (χ0v) is 20.2. The number of aromatic nitrogens is 2. The number of nitrogens with zero attached hydrogens (tertiary/aromatic N) is 4. The number of fused-ring (bicyclic) bond motifs is 4. The molecule has 2 amide bonds. The number of likely N-dealkylation sites (N-methyl/N-ethyl adjacent to an activating group) is 1. The number of rotatable bonds is 5. The standard InChI is InChI=1S/C25H27N5O5/c1-13-11-17(31)34-21-14(2)22-16(12-15(13)21)18-19(24(32)26-7-10-29(3)4)27-28-20(23(18)35-22)25(33)30-8-5-6-9-30/h11-12H,5-10H2,1-4H3,(H,26,32). The largest absolute Gasteiger partial charge is 0.453 e. The van der Waals surface area contributed by atoms with E-state index in [1.807, 2.05) is 32.0 Å². The summed E-state index contributed by atoms with van der Waals surface area (Å²) in [6.07, 6.45) is 1.86. The van der Waals surface area contributed by atoms with Crippen molar-refractivity contribution in [2.75, 3.05) is 40.3 Å². The fourth-order valence-electron chi connectivity index (χ4n) is 4.63. The molecule has 0 bridgehead atoms. The van der Waals surface area contributed by atoms with Gasteiger partial charge in [0.05, 0.1) is 5.39 Å². The van der Waals surface area contributed by atoms with E-state index in [2.05, 4.69) is 15.5 Å². The number of furan rings is 1. The van der Waals surface area contributed by atoms with Gasteiger partial charge in [0.25, 0.3) is 11.8 Å². The number of likely N-dealkylation sites (tertiary alicyclic amines) is 1. The van der Waals surface area contributed by atoms with Gasteiger partial charge in [-0.25, -0.2) is 4.79 Å². The summed E-state index contributed by atoms with van der Waals surface area (Å²) in [5.41, 5.74) is 2.09. The summed E-state index contributed by atoms with van der Waals surface area (Å²) >= 11 is 0. The van der Waals surface area contributed by atoms with Crippen LogP contribution in [-0.4, -0.2) is 72.1 Å². The van der Waals surface area contributed by atoms with Crippen molar-refractivity contribution in [1.29, 1.82) is 0 Å². The van der Waals surface area contributed by atoms with Crippen LogP contribution in [0.4, 0.5) is 0 Å². The second-order valence-corrected chi connectivity index (χ2v) is 9.27. The fourth-order valence-corrected chi connectivity index (χ4v) is 4.63. The van der Waals surface area contributed by atoms with Crippen molar-refractivity contribution in [3.8, 4) is 0 Å². The van der Waals surface area contributed by atoms with Crippen molar-refractivity contribution in [2.24, 2.45) is 0 Å². The van der Waals surface area contributed by atoms with E-state index in [1.54, 1.807) is 11.8 Å². The Labute approximate surface area is 200 Å². The maximum Gasteiger partial charge on any atom is 0.336 e. The number of hydrogen-bond donors (Lipinski definition) is 1. The molecule has 0 unspecified atom stereocenters. The minimum absolute atomic E-state index is 0.0737. The van der Waals surface area contributed by atoms with E-state index in [0.717, 1.165) is 23.8 Å². The van der Waals surface area contributed by atoms with Crippen molar-refractivity contribution >= 4 is 44.7 Å². The van der Waals surface area contributed by atoms with E-state index in [-0.39, 0.29) is 22.9 Å². The van der Waals surface area contributed by atoms with Crippen LogP contribution < -0.4 is 10.9 Å². The first kappa shape index (κ1) is 23.0. The van der Waals surface area contributed by atoms with E-state index in [1.165, 1.54) is 6.07 Å². The molecule has 0 spiro atoms. The summed E-state index contributed by atoms with van der Waals surface area (Å²) < 4.78 is 11.7. The summed E-state index contributed by atoms with van der Waals surface area (Å²) in [4.78, 5) is 42.1. The lowest BCUT2D eigenvalue weighted by molar-refractivity contribution is 0.0785. The van der Waals surface area contributed by atoms with Crippen LogP contribution in [0.2, 0.25) is 0 Å². The van der Waals surface area contributed by atoms with Crippen molar-refractivity contribution in [2.45, 2.75) is 26.7 Å². The highest BCUT2D eigenvalue weighted by molar-refractivity contribution is 6.21. The Morgan fingerprint density at radius 3 is 2.40 bits per heavy atom. The number of aryl methyl sites for hydroxylation is 2. The topological polar surface area (TPSA) is 122 Å². The average molecular weight is 478 g/mol. The Bertz CT molecular complexity index is 1550. The lowest BCUT2D eigenvalue weighted by Crippen LogP contribution is -2.33. The molecule has 0 aliphatic carbocycles. The minimum atomic E-state index is -0.456. The molecule has 0 saturated carbocycles. The summed E-state index contributed by atoms with van der Waals surface area (Å²) in [5, 5.41) is 13.0. The molecular weight excluding hydrogens is 450 g/mol. The van der Waals surface area contributed by atoms with Crippen molar-refractivity contribution < 1.29 is 18.4 Å². The average Bonchev–Trinajstić information content (AvgIpc) is 3.47. The third-order valence-corrected chi connectivity index (χ3v) is 6.48. The van der Waals surface area contributed by atoms with Crippen molar-refractivity contribution in [3.63, 3.8) is 0 Å². The summed E-state index contributed by atoms with van der Waals surface area (Å²) in [5.74, 6) is -0.676. The van der Waals surface area contributed by atoms with Crippen LogP contribution in [0.25, 0.3) is 32.9 Å². The second-order valence-electron chi connectivity index (χ2n) is 9.27. The highest BCUT2D eigenvalue weighted by Crippen LogP contribution is 2.38. The predicted molar refractivity (Wildman–Crippen MR) is 131 cm³/mol. The first-order valence-electron chi connectivity index (χ1n) is 11.7. The third kappa shape index (κ3) is 3.93. The molecular formula is C25H27N5O5. The summed E-state index contributed by atoms with van der Waals surface area (Å²) in [6.45, 7) is 5.97. The highest BCUT2D eigenvalue weighted by Gasteiger charge is 2.30. The smallest absolute Gasteiger partial charge is 0.336 e. The van der Waals surface area contributed by atoms with Gasteiger partial charge in [-0.1, -0.05) is 0 Å². The zero-order chi connectivity index (χ0) is 24.9. The number of amides is 2. The van der Waals surface area contributed by atoms with Gasteiger partial charge in [-0.05, 0) is 52.4 Å². The van der Waals surface area contributed by atoms with Gasteiger partial charge >= 0.3 is 5.63 Å². The lowest BCUT2D eigenvalue weighted by atomic mass is 10.0. The number of benzene rings is 1. The van der Waals surface area contributed by atoms with Gasteiger partial charge in [-0.3, -0.25) is 9.59 Å². The van der Waals surface area contributed by atoms with Gasteiger partial charge in [-0.2, -0.15) is 0 Å². The van der Waals surface area contributed by atoms with Gasteiger partial charge in [0, 0.05) is 48.6 Å². The first-order valence-corrected chi connectivity index (χ1v) is 11.7. The van der Waals surface area contributed by atoms with Crippen LogP contribution in [-0.2, 0) is 0 Å². The molecule has 10 heteroatoms. The van der Waals surface area contributed by atoms with Crippen LogP contribution in [0.5, 0.6) is 0 Å². The number of carbonyl (C=O) groups is 2. The molecule has 1 aliphatic rings. The zero-order valence-electron chi connectivity index (χ0n) is 20.2. The second kappa shape index (κ2) is 8.77. The fraction of sp³-hybridized carbons (Fsp3) is 0.400. The Morgan fingerprint density at radius 2 is 1.69 bits per heavy atom. The quantitative estimate of drug-likeness (QED) is 0.436. The molecule has 0 atom stereocenters. The molecule has 1 fully saturated rings. The van der Waals surface area contributed by atoms with Gasteiger partial charge in [-0.15, -0.1) is 10.2 Å². The van der Waals surface area contributed by atoms with E-state index in [4.69, 9.17) is 8.83 Å². The molecule has 1 aromatic carbocycles. The molecule has 1 saturated heterocycles. The monoisotopic (exact) mass is 477 g/mol. The lowest BCUT2D eigenvalue weighted by Gasteiger charge is -2.14. The summed E-state index contributed by atoms with van der Waals surface area (Å²) in [6, 6.07) is 3.25. The van der Waals surface area contributed by atoms with E-state index in [9.17, 15) is 14.4 Å². The maximum atomic E-state index is 13.3. The molecule has 4 heterocycles. The predicted octanol–water partition coefficient (Wildman–Crippen LogP) is 2.63. The van der Waals surface area contributed by atoms with E-state index >= 15 is 0 Å². The molecule has 1 N–H and O–H groups in total. The van der Waals surface area contributed by atoms with Gasteiger partial charge in [0.15, 0.2) is 17.0 Å². The van der Waals surface area contributed by atoms with Crippen LogP contribution in [0.15, 0.2) is 25.8 Å². The number of hydrogen-bond acceptors (Lipinski definition) is 8. The van der Waals surface area contributed by atoms with Crippen molar-refractivity contribution in [1.82, 2.24) is 25.3 Å². The Kier molecular flexibility index (Phi) is 5.76. The Morgan fingerprint density at radius 1 is 1.00 bits per heavy atom. The van der Waals surface area contributed by atoms with E-state index in [0.29, 0.717) is 53.7 Å². The van der Waals surface area contributed by atoms with Crippen LogP contribution in [0.1, 0.15) is 44.9 Å². The maximum absolute atomic E-state index is 13.3. The molecule has 182 valence electrons. The minimum Gasteiger partial charge on any atom is -0.453 e. The molecule has 35 heavy (non-hydrogen) atoms. The van der Waals surface area contributed by atoms with Crippen LogP contribution >= 0.6 is 0 Å². The molecule has 3 aromatic heterocycles. The molecule has 4 aromatic rings. The third-order valence-electron chi connectivity index (χ3n) is 6.48. The van der Waals surface area contributed by atoms with Crippen LogP contribution in [0.3, 0.4) is 0 Å². The molecule has 10 nitrogen and oxygen atoms in total. The number of nitrogens with one attached hydrogen (secondary N) is 1. The highest BCUT2D eigenvalue weighted by atomic mass is 16.4. The van der Waals surface area contributed by atoms with Gasteiger partial charge in [0.1, 0.15) is 11.2 Å². The molecule has 5 rings (SSSR count). The molecule has 1 aliphatic heterocycles. The van der Waals surface area contributed by atoms with E-state index < -0.39 is 11.5 Å². The van der Waals surface area contributed by atoms with Gasteiger partial charge in [0.2, 0.25) is 0 Å². The Hall–Kier alpha value is -3.79. The Balaban J connectivity index is 1.78. The number of carbonyl (C=O) groups excluding carboxylic acids is 2. The summed E-state index contributed by atoms with van der Waals surface area (Å²) in [7, 11) is 3.84. The van der Waals surface area contributed by atoms with Crippen LogP contribution in [0, 0.1) is 13.8 Å². The van der Waals surface area contributed by atoms with Gasteiger partial charge < -0.3 is 24.0 Å². The van der Waals surface area contributed by atoms with Crippen molar-refractivity contribution in [3.05, 3.63) is 45.1 Å². The molecule has 0 radical (unpaired) electrons. The SMILES string of the molecule is Cc1cc(=O)oc2c(C)c3oc4c(C(=O)N5CCCC5)nnc(C(=O)NCCN(C)C)c4c3cc12. The normalized spacial score (nSPS) is 14.0. The first-order chi connectivity index (χ1) is 16.8.